The van der Waals surface area contributed by atoms with E-state index in [1.165, 1.54) is 37.9 Å². The van der Waals surface area contributed by atoms with Crippen molar-refractivity contribution in [2.24, 2.45) is 29.4 Å². The third-order valence-electron chi connectivity index (χ3n) is 6.36. The zero-order valence-corrected chi connectivity index (χ0v) is 12.5. The van der Waals surface area contributed by atoms with Gasteiger partial charge in [-0.1, -0.05) is 6.92 Å². The number of nitrogens with zero attached hydrogens (tertiary/aromatic N) is 2. The Morgan fingerprint density at radius 3 is 2.40 bits per heavy atom. The Morgan fingerprint density at radius 2 is 1.85 bits per heavy atom. The summed E-state index contributed by atoms with van der Waals surface area (Å²) in [6, 6.07) is 0.435. The molecule has 1 heterocycles. The summed E-state index contributed by atoms with van der Waals surface area (Å²) in [5.74, 6) is 5.96. The molecule has 4 bridgehead atoms. The van der Waals surface area contributed by atoms with E-state index in [-0.39, 0.29) is 0 Å². The van der Waals surface area contributed by atoms with Gasteiger partial charge in [0.15, 0.2) is 0 Å². The Kier molecular flexibility index (Phi) is 3.13. The lowest BCUT2D eigenvalue weighted by molar-refractivity contribution is -0.00717. The summed E-state index contributed by atoms with van der Waals surface area (Å²) in [5, 5.41) is 0. The van der Waals surface area contributed by atoms with Gasteiger partial charge in [0.25, 0.3) is 0 Å². The zero-order valence-electron chi connectivity index (χ0n) is 12.5. The lowest BCUT2D eigenvalue weighted by atomic mass is 9.51. The molecule has 3 heteroatoms. The molecule has 3 nitrogen and oxygen atoms in total. The minimum atomic E-state index is 0.435. The van der Waals surface area contributed by atoms with Gasteiger partial charge >= 0.3 is 0 Å². The highest BCUT2D eigenvalue weighted by atomic mass is 15.1. The Labute approximate surface area is 122 Å². The standard InChI is InChI=1S/C17H27N3/c1-2-15(10-18)20-4-3-19-17(20)16-13-6-11-5-12(8-13)9-14(16)7-11/h3-4,11-16H,2,5-10,18H2,1H3. The molecule has 1 unspecified atom stereocenters. The van der Waals surface area contributed by atoms with E-state index in [2.05, 4.69) is 17.7 Å². The molecule has 0 aliphatic heterocycles. The van der Waals surface area contributed by atoms with Crippen LogP contribution in [0.5, 0.6) is 0 Å². The highest BCUT2D eigenvalue weighted by molar-refractivity contribution is 5.13. The topological polar surface area (TPSA) is 43.8 Å². The lowest BCUT2D eigenvalue weighted by Gasteiger charge is -2.54. The van der Waals surface area contributed by atoms with E-state index < -0.39 is 0 Å². The predicted molar refractivity (Wildman–Crippen MR) is 80.4 cm³/mol. The first-order valence-corrected chi connectivity index (χ1v) is 8.52. The summed E-state index contributed by atoms with van der Waals surface area (Å²) in [7, 11) is 0. The quantitative estimate of drug-likeness (QED) is 0.914. The van der Waals surface area contributed by atoms with Gasteiger partial charge in [0.1, 0.15) is 5.82 Å². The van der Waals surface area contributed by atoms with Crippen LogP contribution in [0.3, 0.4) is 0 Å². The van der Waals surface area contributed by atoms with E-state index in [9.17, 15) is 0 Å². The summed E-state index contributed by atoms with van der Waals surface area (Å²) in [5.41, 5.74) is 5.97. The summed E-state index contributed by atoms with van der Waals surface area (Å²) in [6.07, 6.45) is 12.6. The van der Waals surface area contributed by atoms with Crippen LogP contribution in [0.4, 0.5) is 0 Å². The van der Waals surface area contributed by atoms with Gasteiger partial charge < -0.3 is 10.3 Å². The number of nitrogens with two attached hydrogens (primary N) is 1. The minimum Gasteiger partial charge on any atom is -0.330 e. The molecule has 1 aromatic rings. The van der Waals surface area contributed by atoms with Crippen molar-refractivity contribution in [3.63, 3.8) is 0 Å². The van der Waals surface area contributed by atoms with Crippen LogP contribution < -0.4 is 5.73 Å². The molecule has 0 aromatic carbocycles. The molecular formula is C17H27N3. The van der Waals surface area contributed by atoms with Crippen molar-refractivity contribution in [1.29, 1.82) is 0 Å². The summed E-state index contributed by atoms with van der Waals surface area (Å²) >= 11 is 0. The first kappa shape index (κ1) is 12.9. The van der Waals surface area contributed by atoms with E-state index in [0.29, 0.717) is 6.04 Å². The van der Waals surface area contributed by atoms with Crippen LogP contribution in [0.15, 0.2) is 12.4 Å². The molecule has 0 amide bonds. The van der Waals surface area contributed by atoms with Gasteiger partial charge in [-0.05, 0) is 62.2 Å². The minimum absolute atomic E-state index is 0.435. The van der Waals surface area contributed by atoms with E-state index >= 15 is 0 Å². The lowest BCUT2D eigenvalue weighted by Crippen LogP contribution is -2.44. The molecule has 5 rings (SSSR count). The maximum atomic E-state index is 5.97. The second-order valence-electron chi connectivity index (χ2n) is 7.45. The summed E-state index contributed by atoms with van der Waals surface area (Å²) in [6.45, 7) is 2.96. The fourth-order valence-electron chi connectivity index (χ4n) is 5.72. The number of aromatic nitrogens is 2. The molecule has 20 heavy (non-hydrogen) atoms. The third-order valence-corrected chi connectivity index (χ3v) is 6.36. The molecule has 4 fully saturated rings. The highest BCUT2D eigenvalue weighted by Crippen LogP contribution is 2.59. The monoisotopic (exact) mass is 273 g/mol. The van der Waals surface area contributed by atoms with Crippen molar-refractivity contribution in [1.82, 2.24) is 9.55 Å². The van der Waals surface area contributed by atoms with E-state index in [1.54, 1.807) is 0 Å². The number of hydrogen-bond donors (Lipinski definition) is 1. The van der Waals surface area contributed by atoms with Gasteiger partial charge in [-0.3, -0.25) is 0 Å². The normalized spacial score (nSPS) is 40.2. The van der Waals surface area contributed by atoms with E-state index in [1.807, 2.05) is 6.20 Å². The predicted octanol–water partition coefficient (Wildman–Crippen LogP) is 3.33. The van der Waals surface area contributed by atoms with Crippen LogP contribution in [0.1, 0.15) is 63.2 Å². The van der Waals surface area contributed by atoms with Gasteiger partial charge in [0, 0.05) is 30.9 Å². The maximum absolute atomic E-state index is 5.97. The Balaban J connectivity index is 1.66. The SMILES string of the molecule is CCC(CN)n1ccnc1C1C2CC3CC(C2)CC1C3. The van der Waals surface area contributed by atoms with Crippen LogP contribution in [0, 0.1) is 23.7 Å². The van der Waals surface area contributed by atoms with Crippen molar-refractivity contribution in [3.8, 4) is 0 Å². The van der Waals surface area contributed by atoms with Gasteiger partial charge in [-0.25, -0.2) is 4.98 Å². The van der Waals surface area contributed by atoms with Gasteiger partial charge in [-0.15, -0.1) is 0 Å². The third kappa shape index (κ3) is 1.86. The molecule has 0 saturated heterocycles. The maximum Gasteiger partial charge on any atom is 0.112 e. The van der Waals surface area contributed by atoms with Crippen LogP contribution in [0.2, 0.25) is 0 Å². The van der Waals surface area contributed by atoms with Crippen LogP contribution in [-0.2, 0) is 0 Å². The Hall–Kier alpha value is -0.830. The second-order valence-corrected chi connectivity index (χ2v) is 7.45. The molecule has 1 atom stereocenters. The molecule has 110 valence electrons. The van der Waals surface area contributed by atoms with Gasteiger partial charge in [0.2, 0.25) is 0 Å². The molecule has 4 aliphatic carbocycles. The highest BCUT2D eigenvalue weighted by Gasteiger charge is 2.50. The average Bonchev–Trinajstić information content (AvgIpc) is 2.88. The Bertz CT molecular complexity index is 446. The molecule has 4 saturated carbocycles. The molecule has 1 aromatic heterocycles. The molecular weight excluding hydrogens is 246 g/mol. The first-order chi connectivity index (χ1) is 9.80. The van der Waals surface area contributed by atoms with E-state index in [0.717, 1.165) is 42.6 Å². The van der Waals surface area contributed by atoms with Gasteiger partial charge in [-0.2, -0.15) is 0 Å². The second kappa shape index (κ2) is 4.87. The molecule has 0 spiro atoms. The number of rotatable bonds is 4. The molecule has 4 aliphatic rings. The fourth-order valence-corrected chi connectivity index (χ4v) is 5.72. The van der Waals surface area contributed by atoms with Crippen LogP contribution in [0.25, 0.3) is 0 Å². The Morgan fingerprint density at radius 1 is 1.20 bits per heavy atom. The fraction of sp³-hybridized carbons (Fsp3) is 0.824. The van der Waals surface area contributed by atoms with Crippen molar-refractivity contribution in [2.75, 3.05) is 6.54 Å². The van der Waals surface area contributed by atoms with Crippen molar-refractivity contribution >= 4 is 0 Å². The molecule has 2 N–H and O–H groups in total. The zero-order chi connectivity index (χ0) is 13.7. The smallest absolute Gasteiger partial charge is 0.112 e. The van der Waals surface area contributed by atoms with Crippen molar-refractivity contribution < 1.29 is 0 Å². The first-order valence-electron chi connectivity index (χ1n) is 8.52. The van der Waals surface area contributed by atoms with Crippen LogP contribution in [-0.4, -0.2) is 16.1 Å². The molecule has 0 radical (unpaired) electrons. The summed E-state index contributed by atoms with van der Waals surface area (Å²) in [4.78, 5) is 4.79. The van der Waals surface area contributed by atoms with Crippen LogP contribution >= 0.6 is 0 Å². The average molecular weight is 273 g/mol. The summed E-state index contributed by atoms with van der Waals surface area (Å²) < 4.78 is 2.41. The number of hydrogen-bond acceptors (Lipinski definition) is 2. The largest absolute Gasteiger partial charge is 0.330 e. The van der Waals surface area contributed by atoms with Crippen molar-refractivity contribution in [2.45, 2.75) is 57.4 Å². The number of imidazole rings is 1. The van der Waals surface area contributed by atoms with Gasteiger partial charge in [0.05, 0.1) is 0 Å². The van der Waals surface area contributed by atoms with E-state index in [4.69, 9.17) is 10.7 Å². The van der Waals surface area contributed by atoms with Crippen molar-refractivity contribution in [3.05, 3.63) is 18.2 Å².